The van der Waals surface area contributed by atoms with Crippen molar-refractivity contribution in [2.75, 3.05) is 12.4 Å². The van der Waals surface area contributed by atoms with E-state index in [0.29, 0.717) is 30.2 Å². The van der Waals surface area contributed by atoms with Crippen molar-refractivity contribution in [1.82, 2.24) is 0 Å². The highest BCUT2D eigenvalue weighted by atomic mass is 35.5. The summed E-state index contributed by atoms with van der Waals surface area (Å²) in [6.07, 6.45) is 4.88. The van der Waals surface area contributed by atoms with Gasteiger partial charge in [-0.1, -0.05) is 43.9 Å². The van der Waals surface area contributed by atoms with Gasteiger partial charge in [0.05, 0.1) is 5.71 Å². The normalized spacial score (nSPS) is 23.8. The Hall–Kier alpha value is -0.810. The Morgan fingerprint density at radius 1 is 1.38 bits per heavy atom. The first-order chi connectivity index (χ1) is 11.5. The average Bonchev–Trinajstić information content (AvgIpc) is 2.51. The Bertz CT molecular complexity index is 461. The summed E-state index contributed by atoms with van der Waals surface area (Å²) in [4.78, 5) is 30.3. The van der Waals surface area contributed by atoms with Crippen LogP contribution in [0.25, 0.3) is 0 Å². The molecule has 0 amide bonds. The number of rotatable bonds is 10. The van der Waals surface area contributed by atoms with E-state index in [-0.39, 0.29) is 24.1 Å². The predicted molar refractivity (Wildman–Crippen MR) is 102 cm³/mol. The van der Waals surface area contributed by atoms with Crippen molar-refractivity contribution in [3.8, 4) is 0 Å². The Morgan fingerprint density at radius 3 is 2.58 bits per heavy atom. The summed E-state index contributed by atoms with van der Waals surface area (Å²) in [5.41, 5.74) is 1.91. The topological polar surface area (TPSA) is 55.7 Å². The summed E-state index contributed by atoms with van der Waals surface area (Å²) in [5, 5.41) is 4.53. The van der Waals surface area contributed by atoms with Gasteiger partial charge in [0.25, 0.3) is 0 Å². The molecule has 0 N–H and O–H groups in total. The van der Waals surface area contributed by atoms with Gasteiger partial charge in [-0.05, 0) is 30.6 Å². The molecule has 0 aromatic rings. The molecule has 0 aromatic carbocycles. The highest BCUT2D eigenvalue weighted by Crippen LogP contribution is 2.31. The minimum absolute atomic E-state index is 0.00589. The van der Waals surface area contributed by atoms with Crippen LogP contribution in [0, 0.1) is 11.8 Å². The number of hydrogen-bond donors (Lipinski definition) is 0. The van der Waals surface area contributed by atoms with Gasteiger partial charge in [0.15, 0.2) is 0 Å². The summed E-state index contributed by atoms with van der Waals surface area (Å²) >= 11 is 7.31. The fraction of sp³-hybridized carbons (Fsp3) is 0.722. The molecule has 1 unspecified atom stereocenters. The molecule has 0 bridgehead atoms. The smallest absolute Gasteiger partial charge is 0.149 e. The standard InChI is InChI=1S/C18H28ClNO3S/c1-4-7-15(20-23-9-6-8-19)18-16(21)11-14(12-17(18)22)10-13(3)24-5-2/h6,8,13-14,18H,4-5,7,9-12H2,1-3H3/t13?,14-,18-. The van der Waals surface area contributed by atoms with E-state index in [1.807, 2.05) is 18.7 Å². The molecule has 6 heteroatoms. The van der Waals surface area contributed by atoms with Crippen molar-refractivity contribution >= 4 is 40.6 Å². The molecule has 1 atom stereocenters. The van der Waals surface area contributed by atoms with E-state index >= 15 is 0 Å². The van der Waals surface area contributed by atoms with Gasteiger partial charge in [-0.2, -0.15) is 11.8 Å². The monoisotopic (exact) mass is 373 g/mol. The summed E-state index contributed by atoms with van der Waals surface area (Å²) in [7, 11) is 0. The van der Waals surface area contributed by atoms with Crippen molar-refractivity contribution in [2.24, 2.45) is 17.0 Å². The molecule has 0 aliphatic heterocycles. The number of Topliss-reactive ketones (excluding diaryl/α,β-unsaturated/α-hetero) is 2. The second kappa shape index (κ2) is 11.7. The quantitative estimate of drug-likeness (QED) is 0.243. The van der Waals surface area contributed by atoms with Gasteiger partial charge in [-0.25, -0.2) is 0 Å². The van der Waals surface area contributed by atoms with Crippen molar-refractivity contribution < 1.29 is 14.4 Å². The van der Waals surface area contributed by atoms with E-state index < -0.39 is 5.92 Å². The Labute approximate surface area is 154 Å². The third-order valence-corrected chi connectivity index (χ3v) is 5.29. The molecule has 1 saturated carbocycles. The number of ketones is 2. The number of hydrogen-bond acceptors (Lipinski definition) is 5. The molecule has 1 aliphatic carbocycles. The maximum atomic E-state index is 12.6. The molecule has 1 fully saturated rings. The zero-order valence-corrected chi connectivity index (χ0v) is 16.4. The van der Waals surface area contributed by atoms with Gasteiger partial charge in [-0.15, -0.1) is 0 Å². The lowest BCUT2D eigenvalue weighted by Crippen LogP contribution is -2.39. The second-order valence-corrected chi connectivity index (χ2v) is 8.10. The maximum Gasteiger partial charge on any atom is 0.149 e. The molecule has 24 heavy (non-hydrogen) atoms. The van der Waals surface area contributed by atoms with E-state index in [1.54, 1.807) is 6.08 Å². The van der Waals surface area contributed by atoms with E-state index in [0.717, 1.165) is 18.6 Å². The van der Waals surface area contributed by atoms with E-state index in [4.69, 9.17) is 16.4 Å². The summed E-state index contributed by atoms with van der Waals surface area (Å²) in [5.74, 6) is 0.496. The molecule has 4 nitrogen and oxygen atoms in total. The number of thioether (sulfide) groups is 1. The van der Waals surface area contributed by atoms with Crippen molar-refractivity contribution in [3.05, 3.63) is 11.6 Å². The predicted octanol–water partition coefficient (Wildman–Crippen LogP) is 4.61. The largest absolute Gasteiger partial charge is 0.392 e. The SMILES string of the molecule is CCCC(=NOCC=CCl)[C@H]1C(=O)C[C@H](CC(C)SCC)CC1=O. The van der Waals surface area contributed by atoms with Gasteiger partial charge in [0.2, 0.25) is 0 Å². The second-order valence-electron chi connectivity index (χ2n) is 6.13. The van der Waals surface area contributed by atoms with Crippen LogP contribution in [0.1, 0.15) is 52.9 Å². The van der Waals surface area contributed by atoms with Crippen LogP contribution in [0.5, 0.6) is 0 Å². The number of oxime groups is 1. The zero-order valence-electron chi connectivity index (χ0n) is 14.8. The van der Waals surface area contributed by atoms with Crippen LogP contribution < -0.4 is 0 Å². The number of halogens is 1. The third-order valence-electron chi connectivity index (χ3n) is 4.02. The van der Waals surface area contributed by atoms with Crippen LogP contribution in [0.3, 0.4) is 0 Å². The van der Waals surface area contributed by atoms with Crippen molar-refractivity contribution in [1.29, 1.82) is 0 Å². The van der Waals surface area contributed by atoms with Crippen LogP contribution in [-0.4, -0.2) is 34.9 Å². The number of nitrogens with zero attached hydrogens (tertiary/aromatic N) is 1. The summed E-state index contributed by atoms with van der Waals surface area (Å²) in [6, 6.07) is 0. The first-order valence-corrected chi connectivity index (χ1v) is 10.1. The first kappa shape index (κ1) is 21.2. The Balaban J connectivity index is 2.73. The zero-order chi connectivity index (χ0) is 17.9. The Kier molecular flexibility index (Phi) is 10.3. The minimum Gasteiger partial charge on any atom is -0.392 e. The van der Waals surface area contributed by atoms with Gasteiger partial charge < -0.3 is 4.84 Å². The van der Waals surface area contributed by atoms with Gasteiger partial charge in [0, 0.05) is 23.6 Å². The van der Waals surface area contributed by atoms with E-state index in [2.05, 4.69) is 19.0 Å². The summed E-state index contributed by atoms with van der Waals surface area (Å²) < 4.78 is 0. The van der Waals surface area contributed by atoms with Crippen LogP contribution in [0.2, 0.25) is 0 Å². The number of carbonyl (C=O) groups is 2. The van der Waals surface area contributed by atoms with Crippen molar-refractivity contribution in [2.45, 2.75) is 58.1 Å². The molecular weight excluding hydrogens is 346 g/mol. The molecular formula is C18H28ClNO3S. The number of carbonyl (C=O) groups excluding carboxylic acids is 2. The van der Waals surface area contributed by atoms with E-state index in [1.165, 1.54) is 5.54 Å². The van der Waals surface area contributed by atoms with E-state index in [9.17, 15) is 9.59 Å². The van der Waals surface area contributed by atoms with Gasteiger partial charge in [-0.3, -0.25) is 9.59 Å². The van der Waals surface area contributed by atoms with Gasteiger partial charge >= 0.3 is 0 Å². The molecule has 0 saturated heterocycles. The van der Waals surface area contributed by atoms with Crippen LogP contribution in [0.4, 0.5) is 0 Å². The lowest BCUT2D eigenvalue weighted by atomic mass is 9.75. The molecule has 0 spiro atoms. The highest BCUT2D eigenvalue weighted by molar-refractivity contribution is 7.99. The fourth-order valence-corrected chi connectivity index (χ4v) is 4.17. The van der Waals surface area contributed by atoms with Crippen molar-refractivity contribution in [3.63, 3.8) is 0 Å². The summed E-state index contributed by atoms with van der Waals surface area (Å²) in [6.45, 7) is 6.53. The molecule has 0 radical (unpaired) electrons. The molecule has 1 rings (SSSR count). The highest BCUT2D eigenvalue weighted by Gasteiger charge is 2.38. The molecule has 0 aromatic heterocycles. The lowest BCUT2D eigenvalue weighted by molar-refractivity contribution is -0.134. The van der Waals surface area contributed by atoms with Gasteiger partial charge in [0.1, 0.15) is 24.1 Å². The molecule has 1 aliphatic rings. The van der Waals surface area contributed by atoms with Crippen LogP contribution >= 0.6 is 23.4 Å². The fourth-order valence-electron chi connectivity index (χ4n) is 3.12. The first-order valence-electron chi connectivity index (χ1n) is 8.64. The maximum absolute atomic E-state index is 12.6. The Morgan fingerprint density at radius 2 is 2.04 bits per heavy atom. The van der Waals surface area contributed by atoms with Crippen LogP contribution in [-0.2, 0) is 14.4 Å². The molecule has 136 valence electrons. The lowest BCUT2D eigenvalue weighted by Gasteiger charge is -2.28. The van der Waals surface area contributed by atoms with Crippen LogP contribution in [0.15, 0.2) is 16.8 Å². The molecule has 0 heterocycles. The third kappa shape index (κ3) is 6.98. The minimum atomic E-state index is -0.713. The average molecular weight is 374 g/mol.